The molecule has 4 rings (SSSR count). The largest absolute Gasteiger partial charge is 0.508 e. The summed E-state index contributed by atoms with van der Waals surface area (Å²) in [5.41, 5.74) is 1.18. The lowest BCUT2D eigenvalue weighted by molar-refractivity contribution is 0.432. The zero-order valence-corrected chi connectivity index (χ0v) is 12.7. The Bertz CT molecular complexity index is 1010. The van der Waals surface area contributed by atoms with E-state index in [-0.39, 0.29) is 11.5 Å². The minimum Gasteiger partial charge on any atom is -0.508 e. The van der Waals surface area contributed by atoms with Gasteiger partial charge in [0.25, 0.3) is 0 Å². The predicted molar refractivity (Wildman–Crippen MR) is 86.6 cm³/mol. The van der Waals surface area contributed by atoms with Crippen LogP contribution < -0.4 is 8.91 Å². The summed E-state index contributed by atoms with van der Waals surface area (Å²) in [7, 11) is -3.94. The summed E-state index contributed by atoms with van der Waals surface area (Å²) in [5.74, 6) is 0.302. The number of phenolic OH excluding ortho intramolecular Hbond substituents is 1. The summed E-state index contributed by atoms with van der Waals surface area (Å²) in [6, 6.07) is 17.1. The number of hydrogen-bond donors (Lipinski definition) is 2. The van der Waals surface area contributed by atoms with Crippen LogP contribution in [0, 0.1) is 0 Å². The molecule has 0 radical (unpaired) electrons. The highest BCUT2D eigenvalue weighted by Crippen LogP contribution is 2.41. The monoisotopic (exact) mass is 327 g/mol. The van der Waals surface area contributed by atoms with Crippen LogP contribution in [-0.4, -0.2) is 13.5 Å². The Morgan fingerprint density at radius 1 is 0.957 bits per heavy atom. The van der Waals surface area contributed by atoms with Crippen molar-refractivity contribution in [3.05, 3.63) is 71.8 Å². The second-order valence-corrected chi connectivity index (χ2v) is 6.66. The van der Waals surface area contributed by atoms with Gasteiger partial charge in [0, 0.05) is 11.1 Å². The van der Waals surface area contributed by atoms with Gasteiger partial charge in [-0.2, -0.15) is 13.1 Å². The van der Waals surface area contributed by atoms with Crippen LogP contribution >= 0.6 is 0 Å². The third-order valence-corrected chi connectivity index (χ3v) is 4.85. The number of nitrogens with one attached hydrogen (secondary N) is 1. The summed E-state index contributed by atoms with van der Waals surface area (Å²) in [6.07, 6.45) is 0. The number of fused-ring (bicyclic) bond motifs is 2. The first-order valence-electron chi connectivity index (χ1n) is 7.06. The molecule has 1 atom stereocenters. The van der Waals surface area contributed by atoms with Gasteiger partial charge in [-0.15, -0.1) is 0 Å². The first kappa shape index (κ1) is 14.0. The van der Waals surface area contributed by atoms with E-state index >= 15 is 0 Å². The molecule has 0 spiro atoms. The Hall–Kier alpha value is -2.57. The quantitative estimate of drug-likeness (QED) is 0.720. The highest BCUT2D eigenvalue weighted by molar-refractivity contribution is 7.85. The van der Waals surface area contributed by atoms with E-state index < -0.39 is 16.3 Å². The Morgan fingerprint density at radius 3 is 2.57 bits per heavy atom. The molecule has 0 unspecified atom stereocenters. The highest BCUT2D eigenvalue weighted by Gasteiger charge is 2.33. The standard InChI is InChI=1S/C17H13NO4S/c19-14-10-9-11-5-1-2-6-12(11)16(14)17-13-7-3-4-8-15(13)22-23(20,21)18-17/h1-10,17-19H/t17-/m1/s1. The van der Waals surface area contributed by atoms with Gasteiger partial charge in [-0.1, -0.05) is 48.5 Å². The van der Waals surface area contributed by atoms with E-state index in [4.69, 9.17) is 4.18 Å². The maximum atomic E-state index is 12.0. The fourth-order valence-electron chi connectivity index (χ4n) is 2.95. The molecule has 0 bridgehead atoms. The molecule has 23 heavy (non-hydrogen) atoms. The van der Waals surface area contributed by atoms with Crippen LogP contribution in [0.15, 0.2) is 60.7 Å². The van der Waals surface area contributed by atoms with Crippen LogP contribution in [0.4, 0.5) is 0 Å². The molecule has 0 aromatic heterocycles. The van der Waals surface area contributed by atoms with E-state index in [2.05, 4.69) is 4.72 Å². The Morgan fingerprint density at radius 2 is 1.70 bits per heavy atom. The van der Waals surface area contributed by atoms with Crippen molar-refractivity contribution >= 4 is 21.1 Å². The summed E-state index contributed by atoms with van der Waals surface area (Å²) in [5, 5.41) is 12.1. The van der Waals surface area contributed by atoms with Gasteiger partial charge < -0.3 is 9.29 Å². The summed E-state index contributed by atoms with van der Waals surface area (Å²) in [4.78, 5) is 0. The van der Waals surface area contributed by atoms with Crippen molar-refractivity contribution < 1.29 is 17.7 Å². The molecule has 2 N–H and O–H groups in total. The molecule has 116 valence electrons. The zero-order chi connectivity index (χ0) is 16.0. The van der Waals surface area contributed by atoms with Crippen molar-refractivity contribution in [2.45, 2.75) is 6.04 Å². The van der Waals surface area contributed by atoms with Crippen LogP contribution in [-0.2, 0) is 10.3 Å². The van der Waals surface area contributed by atoms with Crippen molar-refractivity contribution in [1.29, 1.82) is 0 Å². The lowest BCUT2D eigenvalue weighted by Gasteiger charge is -2.27. The van der Waals surface area contributed by atoms with Crippen LogP contribution in [0.3, 0.4) is 0 Å². The molecule has 0 saturated heterocycles. The molecule has 0 aliphatic carbocycles. The second-order valence-electron chi connectivity index (χ2n) is 5.35. The number of para-hydroxylation sites is 1. The van der Waals surface area contributed by atoms with Crippen LogP contribution in [0.5, 0.6) is 11.5 Å². The first-order valence-corrected chi connectivity index (χ1v) is 8.47. The first-order chi connectivity index (χ1) is 11.1. The van der Waals surface area contributed by atoms with Crippen LogP contribution in [0.2, 0.25) is 0 Å². The van der Waals surface area contributed by atoms with E-state index in [1.807, 2.05) is 24.3 Å². The van der Waals surface area contributed by atoms with Gasteiger partial charge in [-0.05, 0) is 22.9 Å². The maximum absolute atomic E-state index is 12.0. The Kier molecular flexibility index (Phi) is 3.04. The average Bonchev–Trinajstić information content (AvgIpc) is 2.53. The summed E-state index contributed by atoms with van der Waals surface area (Å²) in [6.45, 7) is 0. The fourth-order valence-corrected chi connectivity index (χ4v) is 3.92. The van der Waals surface area contributed by atoms with E-state index in [0.29, 0.717) is 11.1 Å². The van der Waals surface area contributed by atoms with Gasteiger partial charge in [0.2, 0.25) is 0 Å². The highest BCUT2D eigenvalue weighted by atomic mass is 32.2. The van der Waals surface area contributed by atoms with Crippen molar-refractivity contribution in [2.75, 3.05) is 0 Å². The van der Waals surface area contributed by atoms with Gasteiger partial charge >= 0.3 is 10.3 Å². The van der Waals surface area contributed by atoms with Crippen molar-refractivity contribution in [3.8, 4) is 11.5 Å². The van der Waals surface area contributed by atoms with E-state index in [0.717, 1.165) is 10.8 Å². The van der Waals surface area contributed by atoms with Gasteiger partial charge in [0.05, 0.1) is 6.04 Å². The molecule has 3 aromatic rings. The van der Waals surface area contributed by atoms with Crippen LogP contribution in [0.25, 0.3) is 10.8 Å². The van der Waals surface area contributed by atoms with Crippen molar-refractivity contribution in [1.82, 2.24) is 4.72 Å². The molecular formula is C17H13NO4S. The molecule has 0 fully saturated rings. The molecule has 6 heteroatoms. The van der Waals surface area contributed by atoms with Gasteiger partial charge in [0.15, 0.2) is 0 Å². The molecule has 5 nitrogen and oxygen atoms in total. The minimum absolute atomic E-state index is 0.0353. The fraction of sp³-hybridized carbons (Fsp3) is 0.0588. The lowest BCUT2D eigenvalue weighted by Crippen LogP contribution is -2.37. The summed E-state index contributed by atoms with van der Waals surface area (Å²) < 4.78 is 31.5. The number of hydrogen-bond acceptors (Lipinski definition) is 4. The molecule has 3 aromatic carbocycles. The number of rotatable bonds is 1. The van der Waals surface area contributed by atoms with Crippen LogP contribution in [0.1, 0.15) is 17.2 Å². The van der Waals surface area contributed by atoms with E-state index in [1.165, 1.54) is 0 Å². The van der Waals surface area contributed by atoms with E-state index in [9.17, 15) is 13.5 Å². The number of aromatic hydroxyl groups is 1. The number of phenols is 1. The molecule has 1 heterocycles. The third kappa shape index (κ3) is 2.32. The molecule has 1 aliphatic rings. The van der Waals surface area contributed by atoms with Gasteiger partial charge in [0.1, 0.15) is 11.5 Å². The minimum atomic E-state index is -3.94. The Labute approximate surface area is 133 Å². The molecular weight excluding hydrogens is 314 g/mol. The van der Waals surface area contributed by atoms with Gasteiger partial charge in [-0.25, -0.2) is 0 Å². The van der Waals surface area contributed by atoms with Gasteiger partial charge in [-0.3, -0.25) is 0 Å². The van der Waals surface area contributed by atoms with Crippen molar-refractivity contribution in [3.63, 3.8) is 0 Å². The van der Waals surface area contributed by atoms with E-state index in [1.54, 1.807) is 36.4 Å². The Balaban J connectivity index is 2.03. The normalized spacial score (nSPS) is 19.0. The lowest BCUT2D eigenvalue weighted by atomic mass is 9.93. The average molecular weight is 327 g/mol. The molecule has 0 saturated carbocycles. The number of benzene rings is 3. The SMILES string of the molecule is O=S1(=O)N[C@@H](c2c(O)ccc3ccccc23)c2ccccc2O1. The smallest absolute Gasteiger partial charge is 0.383 e. The molecule has 1 aliphatic heterocycles. The predicted octanol–water partition coefficient (Wildman–Crippen LogP) is 2.86. The molecule has 0 amide bonds. The maximum Gasteiger partial charge on any atom is 0.383 e. The van der Waals surface area contributed by atoms with Crippen molar-refractivity contribution in [2.24, 2.45) is 0 Å². The second kappa shape index (κ2) is 4.97. The summed E-state index contributed by atoms with van der Waals surface area (Å²) >= 11 is 0. The third-order valence-electron chi connectivity index (χ3n) is 3.93. The zero-order valence-electron chi connectivity index (χ0n) is 11.9. The topological polar surface area (TPSA) is 75.6 Å².